The van der Waals surface area contributed by atoms with Crippen LogP contribution in [-0.2, 0) is 14.8 Å². The predicted octanol–water partition coefficient (Wildman–Crippen LogP) is 3.28. The molecule has 0 aliphatic carbocycles. The molecule has 2 aromatic carbocycles. The van der Waals surface area contributed by atoms with Gasteiger partial charge in [0.15, 0.2) is 0 Å². The van der Waals surface area contributed by atoms with E-state index in [1.165, 1.54) is 37.5 Å². The van der Waals surface area contributed by atoms with Crippen molar-refractivity contribution in [2.24, 2.45) is 0 Å². The van der Waals surface area contributed by atoms with Crippen molar-refractivity contribution in [3.8, 4) is 0 Å². The molecule has 0 aliphatic rings. The van der Waals surface area contributed by atoms with Gasteiger partial charge in [0, 0.05) is 24.7 Å². The Balaban J connectivity index is 2.08. The summed E-state index contributed by atoms with van der Waals surface area (Å²) in [6.45, 7) is 3.84. The molecule has 1 N–H and O–H groups in total. The zero-order chi connectivity index (χ0) is 18.6. The second-order valence-electron chi connectivity index (χ2n) is 5.91. The van der Waals surface area contributed by atoms with Crippen LogP contribution in [0, 0.1) is 13.8 Å². The first-order valence-electron chi connectivity index (χ1n) is 7.72. The van der Waals surface area contributed by atoms with Crippen molar-refractivity contribution in [3.63, 3.8) is 0 Å². The van der Waals surface area contributed by atoms with Gasteiger partial charge in [-0.25, -0.2) is 12.7 Å². The molecule has 0 unspecified atom stereocenters. The summed E-state index contributed by atoms with van der Waals surface area (Å²) in [6.07, 6.45) is 0. The van der Waals surface area contributed by atoms with E-state index < -0.39 is 10.0 Å². The molecular weight excluding hydrogens is 356 g/mol. The van der Waals surface area contributed by atoms with E-state index in [0.29, 0.717) is 5.69 Å². The highest BCUT2D eigenvalue weighted by molar-refractivity contribution is 8.00. The van der Waals surface area contributed by atoms with Gasteiger partial charge < -0.3 is 5.32 Å². The molecule has 0 radical (unpaired) electrons. The molecule has 5 nitrogen and oxygen atoms in total. The Labute approximate surface area is 153 Å². The van der Waals surface area contributed by atoms with Crippen LogP contribution in [-0.4, -0.2) is 38.5 Å². The standard InChI is InChI=1S/C18H22N2O3S2/c1-13-5-8-15(9-6-13)24-12-18(21)19-17-11-16(10-7-14(17)2)25(22,23)20(3)4/h5-11H,12H2,1-4H3,(H,19,21). The Kier molecular flexibility index (Phi) is 6.26. The Morgan fingerprint density at radius 1 is 1.08 bits per heavy atom. The molecule has 25 heavy (non-hydrogen) atoms. The second-order valence-corrected chi connectivity index (χ2v) is 9.11. The van der Waals surface area contributed by atoms with Crippen molar-refractivity contribution < 1.29 is 13.2 Å². The number of carbonyl (C=O) groups excluding carboxylic acids is 1. The molecule has 0 aliphatic heterocycles. The molecule has 2 rings (SSSR count). The molecule has 134 valence electrons. The third-order valence-corrected chi connectivity index (χ3v) is 6.48. The number of sulfonamides is 1. The van der Waals surface area contributed by atoms with Crippen molar-refractivity contribution in [3.05, 3.63) is 53.6 Å². The van der Waals surface area contributed by atoms with Gasteiger partial charge in [-0.05, 0) is 43.7 Å². The maximum Gasteiger partial charge on any atom is 0.242 e. The lowest BCUT2D eigenvalue weighted by atomic mass is 10.2. The molecule has 0 spiro atoms. The van der Waals surface area contributed by atoms with E-state index >= 15 is 0 Å². The van der Waals surface area contributed by atoms with Gasteiger partial charge >= 0.3 is 0 Å². The smallest absolute Gasteiger partial charge is 0.242 e. The average Bonchev–Trinajstić information content (AvgIpc) is 2.56. The minimum atomic E-state index is -3.53. The molecule has 0 bridgehead atoms. The van der Waals surface area contributed by atoms with E-state index in [2.05, 4.69) is 5.32 Å². The summed E-state index contributed by atoms with van der Waals surface area (Å²) in [4.78, 5) is 13.4. The maximum atomic E-state index is 12.2. The predicted molar refractivity (Wildman–Crippen MR) is 103 cm³/mol. The van der Waals surface area contributed by atoms with Gasteiger partial charge in [-0.2, -0.15) is 0 Å². The van der Waals surface area contributed by atoms with Crippen LogP contribution in [0.4, 0.5) is 5.69 Å². The van der Waals surface area contributed by atoms with E-state index in [9.17, 15) is 13.2 Å². The van der Waals surface area contributed by atoms with E-state index in [1.807, 2.05) is 38.1 Å². The van der Waals surface area contributed by atoms with Crippen molar-refractivity contribution in [2.45, 2.75) is 23.6 Å². The molecule has 2 aromatic rings. The number of anilines is 1. The van der Waals surface area contributed by atoms with Crippen molar-refractivity contribution in [2.75, 3.05) is 25.2 Å². The Hall–Kier alpha value is -1.83. The summed E-state index contributed by atoms with van der Waals surface area (Å²) in [5, 5.41) is 2.80. The lowest BCUT2D eigenvalue weighted by Gasteiger charge is -2.14. The molecule has 0 aromatic heterocycles. The molecule has 7 heteroatoms. The maximum absolute atomic E-state index is 12.2. The van der Waals surface area contributed by atoms with Gasteiger partial charge in [-0.1, -0.05) is 23.8 Å². The number of rotatable bonds is 6. The van der Waals surface area contributed by atoms with Crippen LogP contribution in [0.1, 0.15) is 11.1 Å². The van der Waals surface area contributed by atoms with Crippen LogP contribution in [0.2, 0.25) is 0 Å². The molecule has 0 saturated carbocycles. The van der Waals surface area contributed by atoms with E-state index in [0.717, 1.165) is 14.8 Å². The minimum Gasteiger partial charge on any atom is -0.325 e. The number of aryl methyl sites for hydroxylation is 2. The summed E-state index contributed by atoms with van der Waals surface area (Å²) in [5.74, 6) is 0.0840. The van der Waals surface area contributed by atoms with Crippen LogP contribution in [0.5, 0.6) is 0 Å². The summed E-state index contributed by atoms with van der Waals surface area (Å²) in [6, 6.07) is 12.7. The third kappa shape index (κ3) is 5.07. The van der Waals surface area contributed by atoms with Gasteiger partial charge in [0.2, 0.25) is 15.9 Å². The topological polar surface area (TPSA) is 66.5 Å². The van der Waals surface area contributed by atoms with Gasteiger partial charge in [-0.3, -0.25) is 4.79 Å². The first-order valence-corrected chi connectivity index (χ1v) is 10.1. The van der Waals surface area contributed by atoms with Gasteiger partial charge in [0.05, 0.1) is 10.6 Å². The van der Waals surface area contributed by atoms with E-state index in [-0.39, 0.29) is 16.6 Å². The number of nitrogens with one attached hydrogen (secondary N) is 1. The molecule has 0 atom stereocenters. The lowest BCUT2D eigenvalue weighted by Crippen LogP contribution is -2.22. The van der Waals surface area contributed by atoms with Crippen LogP contribution in [0.25, 0.3) is 0 Å². The zero-order valence-corrected chi connectivity index (χ0v) is 16.4. The van der Waals surface area contributed by atoms with Crippen LogP contribution < -0.4 is 5.32 Å². The summed E-state index contributed by atoms with van der Waals surface area (Å²) in [7, 11) is -0.579. The molecule has 0 fully saturated rings. The summed E-state index contributed by atoms with van der Waals surface area (Å²) < 4.78 is 25.6. The quantitative estimate of drug-likeness (QED) is 0.784. The third-order valence-electron chi connectivity index (χ3n) is 3.65. The first-order chi connectivity index (χ1) is 11.7. The van der Waals surface area contributed by atoms with Crippen LogP contribution in [0.3, 0.4) is 0 Å². The number of nitrogens with zero attached hydrogens (tertiary/aromatic N) is 1. The van der Waals surface area contributed by atoms with Crippen LogP contribution >= 0.6 is 11.8 Å². The highest BCUT2D eigenvalue weighted by Crippen LogP contribution is 2.23. The Morgan fingerprint density at radius 3 is 2.32 bits per heavy atom. The number of hydrogen-bond acceptors (Lipinski definition) is 4. The minimum absolute atomic E-state index is 0.157. The van der Waals surface area contributed by atoms with E-state index in [1.54, 1.807) is 12.1 Å². The largest absolute Gasteiger partial charge is 0.325 e. The van der Waals surface area contributed by atoms with Crippen molar-refractivity contribution >= 4 is 33.4 Å². The fourth-order valence-corrected chi connectivity index (χ4v) is 3.70. The zero-order valence-electron chi connectivity index (χ0n) is 14.7. The number of benzene rings is 2. The molecule has 1 amide bonds. The normalized spacial score (nSPS) is 11.6. The van der Waals surface area contributed by atoms with Gasteiger partial charge in [0.1, 0.15) is 0 Å². The van der Waals surface area contributed by atoms with Crippen LogP contribution in [0.15, 0.2) is 52.3 Å². The Morgan fingerprint density at radius 2 is 1.72 bits per heavy atom. The first kappa shape index (κ1) is 19.5. The number of thioether (sulfide) groups is 1. The SMILES string of the molecule is Cc1ccc(SCC(=O)Nc2cc(S(=O)(=O)N(C)C)ccc2C)cc1. The molecular formula is C18H22N2O3S2. The fraction of sp³-hybridized carbons (Fsp3) is 0.278. The molecule has 0 saturated heterocycles. The fourth-order valence-electron chi connectivity index (χ4n) is 2.08. The highest BCUT2D eigenvalue weighted by atomic mass is 32.2. The monoisotopic (exact) mass is 378 g/mol. The van der Waals surface area contributed by atoms with E-state index in [4.69, 9.17) is 0 Å². The van der Waals surface area contributed by atoms with Crippen molar-refractivity contribution in [1.29, 1.82) is 0 Å². The van der Waals surface area contributed by atoms with Crippen molar-refractivity contribution in [1.82, 2.24) is 4.31 Å². The average molecular weight is 379 g/mol. The number of hydrogen-bond donors (Lipinski definition) is 1. The Bertz CT molecular complexity index is 860. The lowest BCUT2D eigenvalue weighted by molar-refractivity contribution is -0.113. The van der Waals surface area contributed by atoms with Gasteiger partial charge in [-0.15, -0.1) is 11.8 Å². The van der Waals surface area contributed by atoms with Gasteiger partial charge in [0.25, 0.3) is 0 Å². The molecule has 0 heterocycles. The second kappa shape index (κ2) is 8.03. The highest BCUT2D eigenvalue weighted by Gasteiger charge is 2.18. The summed E-state index contributed by atoms with van der Waals surface area (Å²) >= 11 is 1.44. The number of amides is 1. The summed E-state index contributed by atoms with van der Waals surface area (Å²) in [5.41, 5.74) is 2.49. The number of carbonyl (C=O) groups is 1.